The Morgan fingerprint density at radius 2 is 2.00 bits per heavy atom. The molecule has 1 aliphatic heterocycles. The molecule has 1 atom stereocenters. The molecular formula is C21H33ClN4O3. The van der Waals surface area contributed by atoms with Gasteiger partial charge in [-0.05, 0) is 31.6 Å². The molecular weight excluding hydrogens is 392 g/mol. The van der Waals surface area contributed by atoms with E-state index in [2.05, 4.69) is 29.0 Å². The third kappa shape index (κ3) is 7.93. The topological polar surface area (TPSA) is 65.1 Å². The fourth-order valence-electron chi connectivity index (χ4n) is 3.33. The van der Waals surface area contributed by atoms with Gasteiger partial charge in [-0.25, -0.2) is 0 Å². The van der Waals surface area contributed by atoms with Crippen molar-refractivity contribution < 1.29 is 14.3 Å². The van der Waals surface area contributed by atoms with Crippen molar-refractivity contribution >= 4 is 29.1 Å². The number of carbonyl (C=O) groups excluding carboxylic acids is 2. The van der Waals surface area contributed by atoms with Crippen molar-refractivity contribution in [2.75, 3.05) is 64.8 Å². The maximum absolute atomic E-state index is 12.5. The van der Waals surface area contributed by atoms with E-state index < -0.39 is 0 Å². The Labute approximate surface area is 178 Å². The van der Waals surface area contributed by atoms with Crippen LogP contribution in [0.3, 0.4) is 0 Å². The number of hydrogen-bond donors (Lipinski definition) is 1. The minimum Gasteiger partial charge on any atom is -0.376 e. The van der Waals surface area contributed by atoms with Gasteiger partial charge < -0.3 is 19.9 Å². The van der Waals surface area contributed by atoms with Crippen molar-refractivity contribution in [3.63, 3.8) is 0 Å². The second-order valence-corrected chi connectivity index (χ2v) is 7.73. The van der Waals surface area contributed by atoms with Crippen LogP contribution >= 0.6 is 11.6 Å². The van der Waals surface area contributed by atoms with Gasteiger partial charge in [0.05, 0.1) is 36.5 Å². The number of nitrogens with one attached hydrogen (secondary N) is 1. The third-order valence-electron chi connectivity index (χ3n) is 5.20. The van der Waals surface area contributed by atoms with Gasteiger partial charge in [0.1, 0.15) is 0 Å². The van der Waals surface area contributed by atoms with Crippen LogP contribution in [0.4, 0.5) is 5.69 Å². The van der Waals surface area contributed by atoms with Crippen molar-refractivity contribution in [1.29, 1.82) is 0 Å². The zero-order valence-electron chi connectivity index (χ0n) is 17.7. The minimum absolute atomic E-state index is 0.0122. The smallest absolute Gasteiger partial charge is 0.244 e. The van der Waals surface area contributed by atoms with E-state index in [0.717, 1.165) is 45.8 Å². The van der Waals surface area contributed by atoms with Crippen LogP contribution < -0.4 is 5.32 Å². The van der Waals surface area contributed by atoms with Crippen LogP contribution in [0.2, 0.25) is 5.02 Å². The Morgan fingerprint density at radius 1 is 1.28 bits per heavy atom. The molecule has 1 aromatic carbocycles. The molecule has 1 N–H and O–H groups in total. The minimum atomic E-state index is -0.270. The molecule has 8 heteroatoms. The Balaban J connectivity index is 1.69. The molecule has 0 aromatic heterocycles. The van der Waals surface area contributed by atoms with E-state index >= 15 is 0 Å². The van der Waals surface area contributed by atoms with Gasteiger partial charge in [0.2, 0.25) is 11.8 Å². The molecule has 1 heterocycles. The van der Waals surface area contributed by atoms with E-state index in [9.17, 15) is 9.59 Å². The fourth-order valence-corrected chi connectivity index (χ4v) is 3.52. The summed E-state index contributed by atoms with van der Waals surface area (Å²) in [4.78, 5) is 30.5. The Morgan fingerprint density at radius 3 is 2.69 bits per heavy atom. The molecule has 0 radical (unpaired) electrons. The van der Waals surface area contributed by atoms with Crippen LogP contribution in [0.5, 0.6) is 0 Å². The molecule has 1 fully saturated rings. The van der Waals surface area contributed by atoms with Gasteiger partial charge in [-0.2, -0.15) is 0 Å². The number of halogens is 1. The number of ether oxygens (including phenoxy) is 1. The summed E-state index contributed by atoms with van der Waals surface area (Å²) in [5, 5.41) is 3.21. The highest BCUT2D eigenvalue weighted by Gasteiger charge is 2.26. The van der Waals surface area contributed by atoms with Crippen molar-refractivity contribution in [2.45, 2.75) is 26.4 Å². The van der Waals surface area contributed by atoms with Gasteiger partial charge in [-0.15, -0.1) is 0 Å². The Kier molecular flexibility index (Phi) is 9.87. The summed E-state index contributed by atoms with van der Waals surface area (Å²) in [6, 6.07) is 7.03. The number of amides is 2. The fraction of sp³-hybridized carbons (Fsp3) is 0.619. The quantitative estimate of drug-likeness (QED) is 0.589. The lowest BCUT2D eigenvalue weighted by Crippen LogP contribution is -2.41. The van der Waals surface area contributed by atoms with E-state index in [1.807, 2.05) is 0 Å². The van der Waals surface area contributed by atoms with E-state index in [1.165, 1.54) is 4.90 Å². The molecule has 162 valence electrons. The van der Waals surface area contributed by atoms with Crippen LogP contribution in [-0.4, -0.2) is 92.1 Å². The second-order valence-electron chi connectivity index (χ2n) is 7.32. The molecule has 2 rings (SSSR count). The third-order valence-corrected chi connectivity index (χ3v) is 5.53. The first kappa shape index (κ1) is 23.6. The van der Waals surface area contributed by atoms with Gasteiger partial charge in [0, 0.05) is 26.7 Å². The van der Waals surface area contributed by atoms with E-state index in [4.69, 9.17) is 16.3 Å². The Bertz CT molecular complexity index is 669. The number of hydrogen-bond acceptors (Lipinski definition) is 5. The zero-order valence-corrected chi connectivity index (χ0v) is 18.5. The summed E-state index contributed by atoms with van der Waals surface area (Å²) in [6.07, 6.45) is 1.11. The van der Waals surface area contributed by atoms with Gasteiger partial charge in [0.25, 0.3) is 0 Å². The van der Waals surface area contributed by atoms with E-state index in [-0.39, 0.29) is 24.5 Å². The average Bonchev–Trinajstić information content (AvgIpc) is 3.14. The van der Waals surface area contributed by atoms with Crippen LogP contribution in [0.25, 0.3) is 0 Å². The van der Waals surface area contributed by atoms with Crippen molar-refractivity contribution in [3.05, 3.63) is 29.3 Å². The zero-order chi connectivity index (χ0) is 21.2. The standard InChI is InChI=1S/C21H33ClN4O3/c1-4-25(5-2)12-13-29-17-10-11-26(14-17)16-21(28)24(3)15-20(27)23-19-9-7-6-8-18(19)22/h6-9,17H,4-5,10-16H2,1-3H3,(H,23,27)/t17-/m1/s1. The van der Waals surface area contributed by atoms with Crippen molar-refractivity contribution in [2.24, 2.45) is 0 Å². The molecule has 0 spiro atoms. The molecule has 1 saturated heterocycles. The molecule has 0 aliphatic carbocycles. The lowest BCUT2D eigenvalue weighted by molar-refractivity contribution is -0.134. The molecule has 0 saturated carbocycles. The summed E-state index contributed by atoms with van der Waals surface area (Å²) in [5.74, 6) is -0.351. The molecule has 7 nitrogen and oxygen atoms in total. The number of benzene rings is 1. The predicted octanol–water partition coefficient (Wildman–Crippen LogP) is 2.17. The van der Waals surface area contributed by atoms with E-state index in [1.54, 1.807) is 31.3 Å². The molecule has 1 aliphatic rings. The summed E-state index contributed by atoms with van der Waals surface area (Å²) >= 11 is 6.05. The highest BCUT2D eigenvalue weighted by Crippen LogP contribution is 2.20. The monoisotopic (exact) mass is 424 g/mol. The molecule has 29 heavy (non-hydrogen) atoms. The first-order chi connectivity index (χ1) is 13.9. The van der Waals surface area contributed by atoms with Gasteiger partial charge in [-0.1, -0.05) is 37.6 Å². The SMILES string of the molecule is CCN(CC)CCO[C@@H]1CCN(CC(=O)N(C)CC(=O)Nc2ccccc2Cl)C1. The molecule has 1 aromatic rings. The number of rotatable bonds is 11. The van der Waals surface area contributed by atoms with Crippen molar-refractivity contribution in [3.8, 4) is 0 Å². The summed E-state index contributed by atoms with van der Waals surface area (Å²) in [6.45, 7) is 9.89. The predicted molar refractivity (Wildman–Crippen MR) is 116 cm³/mol. The Hall–Kier alpha value is -1.67. The van der Waals surface area contributed by atoms with E-state index in [0.29, 0.717) is 17.3 Å². The first-order valence-electron chi connectivity index (χ1n) is 10.3. The number of likely N-dealkylation sites (N-methyl/N-ethyl adjacent to an activating group) is 2. The molecule has 0 bridgehead atoms. The van der Waals surface area contributed by atoms with Gasteiger partial charge in [-0.3, -0.25) is 14.5 Å². The number of para-hydroxylation sites is 1. The molecule has 0 unspecified atom stereocenters. The normalized spacial score (nSPS) is 16.9. The lowest BCUT2D eigenvalue weighted by atomic mass is 10.3. The summed E-state index contributed by atoms with van der Waals surface area (Å²) < 4.78 is 5.97. The largest absolute Gasteiger partial charge is 0.376 e. The average molecular weight is 425 g/mol. The highest BCUT2D eigenvalue weighted by atomic mass is 35.5. The maximum Gasteiger partial charge on any atom is 0.244 e. The van der Waals surface area contributed by atoms with Crippen LogP contribution in [0.15, 0.2) is 24.3 Å². The summed E-state index contributed by atoms with van der Waals surface area (Å²) in [5.41, 5.74) is 0.546. The van der Waals surface area contributed by atoms with Gasteiger partial charge >= 0.3 is 0 Å². The van der Waals surface area contributed by atoms with Crippen molar-refractivity contribution in [1.82, 2.24) is 14.7 Å². The first-order valence-corrected chi connectivity index (χ1v) is 10.6. The number of likely N-dealkylation sites (tertiary alicyclic amines) is 1. The molecule has 2 amide bonds. The maximum atomic E-state index is 12.5. The highest BCUT2D eigenvalue weighted by molar-refractivity contribution is 6.33. The second kappa shape index (κ2) is 12.1. The number of carbonyl (C=O) groups is 2. The number of anilines is 1. The number of nitrogens with zero attached hydrogens (tertiary/aromatic N) is 3. The van der Waals surface area contributed by atoms with Crippen LogP contribution in [0.1, 0.15) is 20.3 Å². The van der Waals surface area contributed by atoms with Crippen LogP contribution in [-0.2, 0) is 14.3 Å². The lowest BCUT2D eigenvalue weighted by Gasteiger charge is -2.22. The van der Waals surface area contributed by atoms with Gasteiger partial charge in [0.15, 0.2) is 0 Å². The summed E-state index contributed by atoms with van der Waals surface area (Å²) in [7, 11) is 1.64. The van der Waals surface area contributed by atoms with Crippen LogP contribution in [0, 0.1) is 0 Å².